The molecule has 1 aromatic heterocycles. The second-order valence-electron chi connectivity index (χ2n) is 4.13. The number of aromatic nitrogens is 1. The summed E-state index contributed by atoms with van der Waals surface area (Å²) < 4.78 is 4.98. The van der Waals surface area contributed by atoms with Gasteiger partial charge in [0.1, 0.15) is 0 Å². The molecule has 5 heteroatoms. The Bertz CT molecular complexity index is 408. The molecule has 92 valence electrons. The number of nitrogens with zero attached hydrogens (tertiary/aromatic N) is 2. The molecule has 2 heterocycles. The van der Waals surface area contributed by atoms with Crippen molar-refractivity contribution in [2.24, 2.45) is 0 Å². The highest BCUT2D eigenvalue weighted by atomic mass is 16.5. The Morgan fingerprint density at radius 2 is 2.47 bits per heavy atom. The predicted molar refractivity (Wildman–Crippen MR) is 61.9 cm³/mol. The highest BCUT2D eigenvalue weighted by Crippen LogP contribution is 2.15. The first kappa shape index (κ1) is 11.9. The molecule has 1 aliphatic heterocycles. The van der Waals surface area contributed by atoms with E-state index in [-0.39, 0.29) is 5.91 Å². The van der Waals surface area contributed by atoms with E-state index in [1.54, 1.807) is 23.2 Å². The Labute approximate surface area is 100 Å². The molecule has 0 unspecified atom stereocenters. The van der Waals surface area contributed by atoms with Crippen molar-refractivity contribution in [3.63, 3.8) is 0 Å². The maximum atomic E-state index is 12.1. The molecule has 1 aliphatic rings. The summed E-state index contributed by atoms with van der Waals surface area (Å²) in [5.41, 5.74) is 0.547. The van der Waals surface area contributed by atoms with Crippen LogP contribution >= 0.6 is 0 Å². The van der Waals surface area contributed by atoms with Gasteiger partial charge in [0.15, 0.2) is 0 Å². The third-order valence-corrected chi connectivity index (χ3v) is 2.87. The van der Waals surface area contributed by atoms with Gasteiger partial charge in [0, 0.05) is 30.9 Å². The van der Waals surface area contributed by atoms with Crippen molar-refractivity contribution in [1.29, 1.82) is 0 Å². The SMILES string of the molecule is COc1cc(C(=O)N2CCC[C@H](O)C2)ccn1. The average Bonchev–Trinajstić information content (AvgIpc) is 2.38. The van der Waals surface area contributed by atoms with Crippen LogP contribution in [0.5, 0.6) is 5.88 Å². The molecule has 17 heavy (non-hydrogen) atoms. The van der Waals surface area contributed by atoms with Crippen LogP contribution in [0, 0.1) is 0 Å². The van der Waals surface area contributed by atoms with E-state index in [0.29, 0.717) is 24.5 Å². The van der Waals surface area contributed by atoms with Gasteiger partial charge in [-0.3, -0.25) is 4.79 Å². The van der Waals surface area contributed by atoms with Crippen LogP contribution in [0.1, 0.15) is 23.2 Å². The first-order valence-corrected chi connectivity index (χ1v) is 5.68. The van der Waals surface area contributed by atoms with Gasteiger partial charge < -0.3 is 14.7 Å². The number of carbonyl (C=O) groups is 1. The summed E-state index contributed by atoms with van der Waals surface area (Å²) in [5.74, 6) is 0.345. The first-order valence-electron chi connectivity index (χ1n) is 5.68. The maximum Gasteiger partial charge on any atom is 0.254 e. The lowest BCUT2D eigenvalue weighted by atomic mass is 10.1. The van der Waals surface area contributed by atoms with Crippen LogP contribution in [-0.2, 0) is 0 Å². The first-order chi connectivity index (χ1) is 8.20. The lowest BCUT2D eigenvalue weighted by molar-refractivity contribution is 0.0473. The summed E-state index contributed by atoms with van der Waals surface area (Å²) in [5, 5.41) is 9.55. The number of carbonyl (C=O) groups excluding carboxylic acids is 1. The summed E-state index contributed by atoms with van der Waals surface area (Å²) in [6.45, 7) is 1.10. The quantitative estimate of drug-likeness (QED) is 0.820. The fourth-order valence-electron chi connectivity index (χ4n) is 1.98. The zero-order valence-electron chi connectivity index (χ0n) is 9.80. The number of piperidine rings is 1. The molecule has 2 rings (SSSR count). The van der Waals surface area contributed by atoms with Crippen LogP contribution in [0.3, 0.4) is 0 Å². The number of aliphatic hydroxyl groups is 1. The van der Waals surface area contributed by atoms with Gasteiger partial charge in [0.25, 0.3) is 5.91 Å². The molecule has 1 saturated heterocycles. The summed E-state index contributed by atoms with van der Waals surface area (Å²) in [7, 11) is 1.52. The normalized spacial score (nSPS) is 20.1. The Kier molecular flexibility index (Phi) is 3.58. The van der Waals surface area contributed by atoms with Gasteiger partial charge in [-0.25, -0.2) is 4.98 Å². The standard InChI is InChI=1S/C12H16N2O3/c1-17-11-7-9(4-5-13-11)12(16)14-6-2-3-10(15)8-14/h4-5,7,10,15H,2-3,6,8H2,1H3/t10-/m0/s1. The number of hydrogen-bond acceptors (Lipinski definition) is 4. The van der Waals surface area contributed by atoms with Crippen LogP contribution in [0.4, 0.5) is 0 Å². The molecule has 1 fully saturated rings. The Hall–Kier alpha value is -1.62. The van der Waals surface area contributed by atoms with Gasteiger partial charge in [-0.1, -0.05) is 0 Å². The van der Waals surface area contributed by atoms with Gasteiger partial charge in [-0.05, 0) is 18.9 Å². The second kappa shape index (κ2) is 5.14. The molecule has 1 aromatic rings. The Morgan fingerprint density at radius 1 is 1.65 bits per heavy atom. The van der Waals surface area contributed by atoms with Crippen molar-refractivity contribution < 1.29 is 14.6 Å². The van der Waals surface area contributed by atoms with E-state index >= 15 is 0 Å². The zero-order chi connectivity index (χ0) is 12.3. The lowest BCUT2D eigenvalue weighted by Gasteiger charge is -2.30. The summed E-state index contributed by atoms with van der Waals surface area (Å²) in [6.07, 6.45) is 2.75. The van der Waals surface area contributed by atoms with Crippen LogP contribution < -0.4 is 4.74 Å². The monoisotopic (exact) mass is 236 g/mol. The van der Waals surface area contributed by atoms with E-state index in [0.717, 1.165) is 12.8 Å². The smallest absolute Gasteiger partial charge is 0.254 e. The van der Waals surface area contributed by atoms with Crippen LogP contribution in [-0.4, -0.2) is 47.2 Å². The highest BCUT2D eigenvalue weighted by Gasteiger charge is 2.23. The van der Waals surface area contributed by atoms with E-state index in [9.17, 15) is 9.90 Å². The largest absolute Gasteiger partial charge is 0.481 e. The molecule has 0 radical (unpaired) electrons. The molecule has 1 N–H and O–H groups in total. The molecule has 0 spiro atoms. The zero-order valence-corrected chi connectivity index (χ0v) is 9.80. The molecular formula is C12H16N2O3. The summed E-state index contributed by atoms with van der Waals surface area (Å²) in [4.78, 5) is 17.8. The second-order valence-corrected chi connectivity index (χ2v) is 4.13. The average molecular weight is 236 g/mol. The van der Waals surface area contributed by atoms with Crippen LogP contribution in [0.15, 0.2) is 18.3 Å². The van der Waals surface area contributed by atoms with Crippen molar-refractivity contribution in [2.45, 2.75) is 18.9 Å². The molecule has 5 nitrogen and oxygen atoms in total. The minimum absolute atomic E-state index is 0.0792. The third kappa shape index (κ3) is 2.74. The number of aliphatic hydroxyl groups excluding tert-OH is 1. The molecule has 0 aliphatic carbocycles. The van der Waals surface area contributed by atoms with Gasteiger partial charge in [0.05, 0.1) is 13.2 Å². The number of hydrogen-bond donors (Lipinski definition) is 1. The lowest BCUT2D eigenvalue weighted by Crippen LogP contribution is -2.42. The molecule has 0 saturated carbocycles. The van der Waals surface area contributed by atoms with Crippen molar-refractivity contribution >= 4 is 5.91 Å². The van der Waals surface area contributed by atoms with E-state index in [4.69, 9.17) is 4.74 Å². The summed E-state index contributed by atoms with van der Waals surface area (Å²) in [6, 6.07) is 3.27. The number of amides is 1. The minimum Gasteiger partial charge on any atom is -0.481 e. The minimum atomic E-state index is -0.406. The Morgan fingerprint density at radius 3 is 3.18 bits per heavy atom. The maximum absolute atomic E-state index is 12.1. The number of β-amino-alcohol motifs (C(OH)–C–C–N with tert-alkyl or cyclic N) is 1. The fourth-order valence-corrected chi connectivity index (χ4v) is 1.98. The van der Waals surface area contributed by atoms with Crippen molar-refractivity contribution in [3.05, 3.63) is 23.9 Å². The van der Waals surface area contributed by atoms with Crippen LogP contribution in [0.2, 0.25) is 0 Å². The van der Waals surface area contributed by atoms with Crippen molar-refractivity contribution in [1.82, 2.24) is 9.88 Å². The number of likely N-dealkylation sites (tertiary alicyclic amines) is 1. The van der Waals surface area contributed by atoms with Crippen LogP contribution in [0.25, 0.3) is 0 Å². The fraction of sp³-hybridized carbons (Fsp3) is 0.500. The number of rotatable bonds is 2. The highest BCUT2D eigenvalue weighted by molar-refractivity contribution is 5.94. The number of methoxy groups -OCH3 is 1. The predicted octanol–water partition coefficient (Wildman–Crippen LogP) is 0.687. The number of ether oxygens (including phenoxy) is 1. The molecule has 1 atom stereocenters. The molecule has 1 amide bonds. The van der Waals surface area contributed by atoms with Gasteiger partial charge in [0.2, 0.25) is 5.88 Å². The van der Waals surface area contributed by atoms with Gasteiger partial charge in [-0.2, -0.15) is 0 Å². The van der Waals surface area contributed by atoms with E-state index in [2.05, 4.69) is 4.98 Å². The Balaban J connectivity index is 2.12. The summed E-state index contributed by atoms with van der Waals surface area (Å²) >= 11 is 0. The van der Waals surface area contributed by atoms with Gasteiger partial charge >= 0.3 is 0 Å². The topological polar surface area (TPSA) is 62.7 Å². The van der Waals surface area contributed by atoms with Crippen molar-refractivity contribution in [3.8, 4) is 5.88 Å². The third-order valence-electron chi connectivity index (χ3n) is 2.87. The van der Waals surface area contributed by atoms with E-state index in [1.807, 2.05) is 0 Å². The van der Waals surface area contributed by atoms with E-state index < -0.39 is 6.10 Å². The van der Waals surface area contributed by atoms with Gasteiger partial charge in [-0.15, -0.1) is 0 Å². The number of pyridine rings is 1. The molecule has 0 bridgehead atoms. The van der Waals surface area contributed by atoms with E-state index in [1.165, 1.54) is 7.11 Å². The molecule has 0 aromatic carbocycles. The molecular weight excluding hydrogens is 220 g/mol. The van der Waals surface area contributed by atoms with Crippen molar-refractivity contribution in [2.75, 3.05) is 20.2 Å².